The molecule has 1 fully saturated rings. The first-order valence-corrected chi connectivity index (χ1v) is 6.64. The van der Waals surface area contributed by atoms with Crippen molar-refractivity contribution >= 4 is 5.97 Å². The Balaban J connectivity index is 2.26. The maximum absolute atomic E-state index is 12.9. The van der Waals surface area contributed by atoms with Gasteiger partial charge in [0.1, 0.15) is 11.9 Å². The van der Waals surface area contributed by atoms with Gasteiger partial charge < -0.3 is 5.11 Å². The second-order valence-corrected chi connectivity index (χ2v) is 5.11. The summed E-state index contributed by atoms with van der Waals surface area (Å²) in [6.45, 7) is 4.71. The Labute approximate surface area is 112 Å². The van der Waals surface area contributed by atoms with Gasteiger partial charge in [0, 0.05) is 6.54 Å². The van der Waals surface area contributed by atoms with Crippen LogP contribution in [0, 0.1) is 11.7 Å². The zero-order valence-electron chi connectivity index (χ0n) is 11.2. The van der Waals surface area contributed by atoms with Crippen LogP contribution in [0.5, 0.6) is 0 Å². The Hall–Kier alpha value is -1.49. The van der Waals surface area contributed by atoms with Crippen LogP contribution in [-0.2, 0) is 4.79 Å². The lowest BCUT2D eigenvalue weighted by molar-refractivity contribution is -0.144. The highest BCUT2D eigenvalue weighted by molar-refractivity contribution is 5.74. The van der Waals surface area contributed by atoms with E-state index in [9.17, 15) is 14.3 Å². The van der Waals surface area contributed by atoms with Gasteiger partial charge in [-0.05, 0) is 30.9 Å². The van der Waals surface area contributed by atoms with Gasteiger partial charge in [-0.25, -0.2) is 4.39 Å². The van der Waals surface area contributed by atoms with Crippen LogP contribution >= 0.6 is 0 Å². The van der Waals surface area contributed by atoms with E-state index in [0.29, 0.717) is 0 Å². The van der Waals surface area contributed by atoms with Crippen LogP contribution < -0.4 is 0 Å². The van der Waals surface area contributed by atoms with E-state index in [1.807, 2.05) is 18.7 Å². The fraction of sp³-hybridized carbons (Fsp3) is 0.571. The molecular formula is C14H19FN2O2. The molecule has 1 aromatic heterocycles. The lowest BCUT2D eigenvalue weighted by atomic mass is 10.0. The van der Waals surface area contributed by atoms with Crippen molar-refractivity contribution < 1.29 is 14.3 Å². The van der Waals surface area contributed by atoms with Crippen molar-refractivity contribution in [3.63, 3.8) is 0 Å². The maximum atomic E-state index is 12.9. The predicted molar refractivity (Wildman–Crippen MR) is 69.1 cm³/mol. The zero-order chi connectivity index (χ0) is 14.0. The average molecular weight is 266 g/mol. The SMILES string of the molecule is CCC(c1ccc(F)cn1)N1CCC(C)C1C(=O)O. The normalized spacial score (nSPS) is 25.4. The van der Waals surface area contributed by atoms with Gasteiger partial charge in [0.15, 0.2) is 0 Å². The molecule has 0 bridgehead atoms. The van der Waals surface area contributed by atoms with Crippen LogP contribution in [0.25, 0.3) is 0 Å². The molecule has 1 aromatic rings. The number of aliphatic carboxylic acids is 1. The third-order valence-electron chi connectivity index (χ3n) is 3.87. The van der Waals surface area contributed by atoms with E-state index < -0.39 is 12.0 Å². The molecule has 2 rings (SSSR count). The van der Waals surface area contributed by atoms with E-state index in [4.69, 9.17) is 0 Å². The smallest absolute Gasteiger partial charge is 0.321 e. The Kier molecular flexibility index (Phi) is 4.14. The predicted octanol–water partition coefficient (Wildman–Crippen LogP) is 2.47. The first kappa shape index (κ1) is 13.9. The number of carboxylic acids is 1. The van der Waals surface area contributed by atoms with Crippen molar-refractivity contribution in [2.45, 2.75) is 38.8 Å². The summed E-state index contributed by atoms with van der Waals surface area (Å²) in [5.74, 6) is -1.03. The summed E-state index contributed by atoms with van der Waals surface area (Å²) in [5.41, 5.74) is 0.740. The highest BCUT2D eigenvalue weighted by Gasteiger charge is 2.40. The Morgan fingerprint density at radius 1 is 1.63 bits per heavy atom. The lowest BCUT2D eigenvalue weighted by Gasteiger charge is -2.31. The van der Waals surface area contributed by atoms with E-state index in [1.165, 1.54) is 12.3 Å². The molecule has 0 aromatic carbocycles. The molecule has 5 heteroatoms. The first-order valence-electron chi connectivity index (χ1n) is 6.64. The molecule has 3 unspecified atom stereocenters. The van der Waals surface area contributed by atoms with E-state index >= 15 is 0 Å². The summed E-state index contributed by atoms with van der Waals surface area (Å²) in [7, 11) is 0. The molecule has 1 N–H and O–H groups in total. The van der Waals surface area contributed by atoms with Gasteiger partial charge in [0.05, 0.1) is 17.9 Å². The van der Waals surface area contributed by atoms with Crippen molar-refractivity contribution in [1.29, 1.82) is 0 Å². The second kappa shape index (κ2) is 5.65. The number of likely N-dealkylation sites (tertiary alicyclic amines) is 1. The lowest BCUT2D eigenvalue weighted by Crippen LogP contribution is -2.41. The van der Waals surface area contributed by atoms with Crippen LogP contribution in [0.3, 0.4) is 0 Å². The summed E-state index contributed by atoms with van der Waals surface area (Å²) in [6.07, 6.45) is 2.82. The summed E-state index contributed by atoms with van der Waals surface area (Å²) in [5, 5.41) is 9.37. The van der Waals surface area contributed by atoms with Crippen LogP contribution in [0.15, 0.2) is 18.3 Å². The van der Waals surface area contributed by atoms with Gasteiger partial charge in [-0.3, -0.25) is 14.7 Å². The minimum absolute atomic E-state index is 0.0633. The summed E-state index contributed by atoms with van der Waals surface area (Å²) in [6, 6.07) is 2.48. The minimum atomic E-state index is -0.787. The Bertz CT molecular complexity index is 449. The molecule has 1 aliphatic rings. The van der Waals surface area contributed by atoms with E-state index in [0.717, 1.165) is 25.1 Å². The monoisotopic (exact) mass is 266 g/mol. The number of aromatic nitrogens is 1. The van der Waals surface area contributed by atoms with E-state index in [-0.39, 0.29) is 17.8 Å². The zero-order valence-corrected chi connectivity index (χ0v) is 11.2. The quantitative estimate of drug-likeness (QED) is 0.909. The molecular weight excluding hydrogens is 247 g/mol. The average Bonchev–Trinajstić information content (AvgIpc) is 2.75. The van der Waals surface area contributed by atoms with Crippen molar-refractivity contribution in [3.8, 4) is 0 Å². The fourth-order valence-corrected chi connectivity index (χ4v) is 2.91. The third-order valence-corrected chi connectivity index (χ3v) is 3.87. The highest BCUT2D eigenvalue weighted by Crippen LogP contribution is 2.34. The number of carboxylic acid groups (broad SMARTS) is 1. The van der Waals surface area contributed by atoms with Gasteiger partial charge in [-0.2, -0.15) is 0 Å². The number of halogens is 1. The van der Waals surface area contributed by atoms with E-state index in [1.54, 1.807) is 6.07 Å². The molecule has 0 amide bonds. The molecule has 1 aliphatic heterocycles. The number of carbonyl (C=O) groups is 1. The molecule has 4 nitrogen and oxygen atoms in total. The van der Waals surface area contributed by atoms with Crippen LogP contribution in [0.2, 0.25) is 0 Å². The molecule has 104 valence electrons. The number of rotatable bonds is 4. The highest BCUT2D eigenvalue weighted by atomic mass is 19.1. The van der Waals surface area contributed by atoms with Gasteiger partial charge in [0.25, 0.3) is 0 Å². The maximum Gasteiger partial charge on any atom is 0.321 e. The summed E-state index contributed by atoms with van der Waals surface area (Å²) < 4.78 is 12.9. The Morgan fingerprint density at radius 2 is 2.37 bits per heavy atom. The van der Waals surface area contributed by atoms with Gasteiger partial charge in [-0.15, -0.1) is 0 Å². The number of hydrogen-bond acceptors (Lipinski definition) is 3. The second-order valence-electron chi connectivity index (χ2n) is 5.11. The van der Waals surface area contributed by atoms with Crippen LogP contribution in [0.1, 0.15) is 38.4 Å². The molecule has 0 radical (unpaired) electrons. The standard InChI is InChI=1S/C14H19FN2O2/c1-3-12(11-5-4-10(15)8-16-11)17-7-6-9(2)13(17)14(18)19/h4-5,8-9,12-13H,3,6-7H2,1-2H3,(H,18,19). The van der Waals surface area contributed by atoms with E-state index in [2.05, 4.69) is 4.98 Å². The van der Waals surface area contributed by atoms with Crippen molar-refractivity contribution in [3.05, 3.63) is 29.8 Å². The van der Waals surface area contributed by atoms with Crippen LogP contribution in [0.4, 0.5) is 4.39 Å². The first-order chi connectivity index (χ1) is 9.04. The van der Waals surface area contributed by atoms with Crippen molar-refractivity contribution in [2.24, 2.45) is 5.92 Å². The molecule has 2 heterocycles. The number of hydrogen-bond donors (Lipinski definition) is 1. The van der Waals surface area contributed by atoms with Gasteiger partial charge >= 0.3 is 5.97 Å². The summed E-state index contributed by atoms with van der Waals surface area (Å²) in [4.78, 5) is 17.5. The molecule has 1 saturated heterocycles. The van der Waals surface area contributed by atoms with Crippen LogP contribution in [-0.4, -0.2) is 33.5 Å². The number of pyridine rings is 1. The van der Waals surface area contributed by atoms with Crippen molar-refractivity contribution in [2.75, 3.05) is 6.54 Å². The minimum Gasteiger partial charge on any atom is -0.480 e. The molecule has 3 atom stereocenters. The molecule has 0 saturated carbocycles. The van der Waals surface area contributed by atoms with Crippen molar-refractivity contribution in [1.82, 2.24) is 9.88 Å². The third kappa shape index (κ3) is 2.76. The fourth-order valence-electron chi connectivity index (χ4n) is 2.91. The molecule has 0 aliphatic carbocycles. The number of nitrogens with zero attached hydrogens (tertiary/aromatic N) is 2. The van der Waals surface area contributed by atoms with Gasteiger partial charge in [0.2, 0.25) is 0 Å². The Morgan fingerprint density at radius 3 is 2.89 bits per heavy atom. The summed E-state index contributed by atoms with van der Waals surface area (Å²) >= 11 is 0. The molecule has 0 spiro atoms. The topological polar surface area (TPSA) is 53.4 Å². The molecule has 19 heavy (non-hydrogen) atoms. The van der Waals surface area contributed by atoms with Gasteiger partial charge in [-0.1, -0.05) is 13.8 Å². The largest absolute Gasteiger partial charge is 0.480 e.